The lowest BCUT2D eigenvalue weighted by atomic mass is 9.70. The van der Waals surface area contributed by atoms with Gasteiger partial charge in [-0.2, -0.15) is 0 Å². The number of thioether (sulfide) groups is 1. The van der Waals surface area contributed by atoms with Gasteiger partial charge >= 0.3 is 0 Å². The maximum Gasteiger partial charge on any atom is 0.104 e. The molecule has 1 N–H and O–H groups in total. The van der Waals surface area contributed by atoms with E-state index in [0.29, 0.717) is 0 Å². The summed E-state index contributed by atoms with van der Waals surface area (Å²) in [6.07, 6.45) is 14.0. The highest BCUT2D eigenvalue weighted by atomic mass is 32.2. The fourth-order valence-electron chi connectivity index (χ4n) is 3.30. The molecule has 0 spiro atoms. The monoisotopic (exact) mass is 356 g/mol. The van der Waals surface area contributed by atoms with Gasteiger partial charge in [-0.25, -0.2) is 0 Å². The molecule has 1 atom stereocenters. The molecule has 26 heavy (non-hydrogen) atoms. The zero-order valence-corrected chi connectivity index (χ0v) is 15.4. The molecule has 2 aromatic carbocycles. The molecule has 0 aromatic heterocycles. The molecule has 0 aliphatic heterocycles. The lowest BCUT2D eigenvalue weighted by Crippen LogP contribution is -2.40. The molecule has 4 rings (SSSR count). The highest BCUT2D eigenvalue weighted by Gasteiger charge is 2.52. The van der Waals surface area contributed by atoms with Gasteiger partial charge in [-0.3, -0.25) is 0 Å². The predicted molar refractivity (Wildman–Crippen MR) is 107 cm³/mol. The van der Waals surface area contributed by atoms with E-state index in [1.54, 1.807) is 11.8 Å². The first-order chi connectivity index (χ1) is 12.7. The number of benzene rings is 2. The first kappa shape index (κ1) is 18.1. The highest BCUT2D eigenvalue weighted by molar-refractivity contribution is 8.02. The Balaban J connectivity index is 1.64. The van der Waals surface area contributed by atoms with Crippen LogP contribution in [0, 0.1) is 69.0 Å². The molecule has 128 valence electrons. The van der Waals surface area contributed by atoms with Gasteiger partial charge in [0, 0.05) is 22.0 Å². The molecule has 2 fully saturated rings. The highest BCUT2D eigenvalue weighted by Crippen LogP contribution is 2.57. The first-order valence-corrected chi connectivity index (χ1v) is 9.50. The summed E-state index contributed by atoms with van der Waals surface area (Å²) in [4.78, 5) is 1.17. The Morgan fingerprint density at radius 3 is 2.15 bits per heavy atom. The minimum Gasteiger partial charge on any atom is -0.384 e. The van der Waals surface area contributed by atoms with Gasteiger partial charge in [0.1, 0.15) is 5.60 Å². The summed E-state index contributed by atoms with van der Waals surface area (Å²) in [6, 6.07) is 18.4. The van der Waals surface area contributed by atoms with E-state index < -0.39 is 5.60 Å². The zero-order chi connectivity index (χ0) is 18.0. The van der Waals surface area contributed by atoms with Gasteiger partial charge in [-0.05, 0) is 69.6 Å². The van der Waals surface area contributed by atoms with Crippen molar-refractivity contribution >= 4 is 11.8 Å². The molecular formula is C24H20OS. The van der Waals surface area contributed by atoms with Crippen molar-refractivity contribution in [3.63, 3.8) is 0 Å². The van der Waals surface area contributed by atoms with Crippen LogP contribution in [0.15, 0.2) is 59.5 Å². The average molecular weight is 356 g/mol. The third-order valence-electron chi connectivity index (χ3n) is 4.69. The maximum absolute atomic E-state index is 11.9. The number of aryl methyl sites for hydroxylation is 1. The van der Waals surface area contributed by atoms with E-state index >= 15 is 0 Å². The van der Waals surface area contributed by atoms with Crippen LogP contribution in [0.5, 0.6) is 0 Å². The Labute approximate surface area is 162 Å². The van der Waals surface area contributed by atoms with Gasteiger partial charge in [0.2, 0.25) is 0 Å². The van der Waals surface area contributed by atoms with Crippen LogP contribution in [0.2, 0.25) is 0 Å². The standard InChI is InChI=1S/C24H20OS/c1-18-14-16-21(17-15-18)26-23-13-7-12-22(23)24(25,20-10-5-6-11-20)19-8-3-2-4-9-19/h2-17,25H,1H3/t24-/m0/s1. The SMILES string of the molecule is Cc1ccc(S[C]2[CH][CH][CH][C]2[C@@](O)([C]2[CH][CH][CH][CH]2)c2ccccc2)cc1. The van der Waals surface area contributed by atoms with Crippen molar-refractivity contribution < 1.29 is 5.11 Å². The minimum atomic E-state index is -1.17. The fourth-order valence-corrected chi connectivity index (χ4v) is 4.30. The average Bonchev–Trinajstić information content (AvgIpc) is 3.36. The Hall–Kier alpha value is -1.25. The Kier molecular flexibility index (Phi) is 5.42. The van der Waals surface area contributed by atoms with Crippen LogP contribution in [-0.4, -0.2) is 5.11 Å². The molecule has 0 saturated heterocycles. The third kappa shape index (κ3) is 3.46. The van der Waals surface area contributed by atoms with Crippen molar-refractivity contribution in [1.82, 2.24) is 0 Å². The van der Waals surface area contributed by atoms with Gasteiger partial charge in [0.15, 0.2) is 0 Å². The predicted octanol–water partition coefficient (Wildman–Crippen LogP) is 5.11. The Morgan fingerprint density at radius 2 is 1.46 bits per heavy atom. The van der Waals surface area contributed by atoms with Crippen LogP contribution < -0.4 is 0 Å². The van der Waals surface area contributed by atoms with Crippen molar-refractivity contribution in [3.05, 3.63) is 128 Å². The molecule has 2 heteroatoms. The molecule has 0 unspecified atom stereocenters. The summed E-state index contributed by atoms with van der Waals surface area (Å²) in [5.74, 6) is 1.81. The summed E-state index contributed by atoms with van der Waals surface area (Å²) in [5.41, 5.74) is 0.958. The molecule has 2 aliphatic rings. The second-order valence-electron chi connectivity index (χ2n) is 6.47. The second kappa shape index (κ2) is 7.78. The minimum absolute atomic E-state index is 0.878. The summed E-state index contributed by atoms with van der Waals surface area (Å²) in [7, 11) is 0. The van der Waals surface area contributed by atoms with Crippen LogP contribution in [0.25, 0.3) is 0 Å². The summed E-state index contributed by atoms with van der Waals surface area (Å²) in [6.45, 7) is 2.09. The van der Waals surface area contributed by atoms with Crippen molar-refractivity contribution in [1.29, 1.82) is 0 Å². The summed E-state index contributed by atoms with van der Waals surface area (Å²) >= 11 is 1.69. The van der Waals surface area contributed by atoms with Crippen molar-refractivity contribution in [2.24, 2.45) is 0 Å². The van der Waals surface area contributed by atoms with Gasteiger partial charge < -0.3 is 5.11 Å². The third-order valence-corrected chi connectivity index (χ3v) is 5.77. The molecule has 0 bridgehead atoms. The van der Waals surface area contributed by atoms with Gasteiger partial charge in [0.05, 0.1) is 0 Å². The van der Waals surface area contributed by atoms with Crippen LogP contribution in [-0.2, 0) is 5.60 Å². The molecule has 10 radical (unpaired) electrons. The van der Waals surface area contributed by atoms with Crippen LogP contribution in [0.1, 0.15) is 11.1 Å². The van der Waals surface area contributed by atoms with E-state index in [1.807, 2.05) is 68.9 Å². The van der Waals surface area contributed by atoms with E-state index in [2.05, 4.69) is 37.6 Å². The van der Waals surface area contributed by atoms with Crippen LogP contribution in [0.3, 0.4) is 0 Å². The molecule has 1 nitrogen and oxygen atoms in total. The van der Waals surface area contributed by atoms with E-state index in [4.69, 9.17) is 0 Å². The number of rotatable bonds is 5. The lowest BCUT2D eigenvalue weighted by molar-refractivity contribution is 0.0831. The van der Waals surface area contributed by atoms with E-state index in [1.165, 1.54) is 10.5 Å². The first-order valence-electron chi connectivity index (χ1n) is 8.69. The van der Waals surface area contributed by atoms with E-state index in [0.717, 1.165) is 22.6 Å². The maximum atomic E-state index is 11.9. The fraction of sp³-hybridized carbons (Fsp3) is 0.0833. The number of aliphatic hydroxyl groups is 1. The molecule has 0 amide bonds. The normalized spacial score (nSPS) is 21.9. The van der Waals surface area contributed by atoms with Crippen molar-refractivity contribution in [3.8, 4) is 0 Å². The summed E-state index contributed by atoms with van der Waals surface area (Å²) < 4.78 is 0. The molecule has 2 aliphatic carbocycles. The molecular weight excluding hydrogens is 336 g/mol. The van der Waals surface area contributed by atoms with Gasteiger partial charge in [-0.1, -0.05) is 48.0 Å². The van der Waals surface area contributed by atoms with Gasteiger partial charge in [0.25, 0.3) is 0 Å². The van der Waals surface area contributed by atoms with Crippen molar-refractivity contribution in [2.75, 3.05) is 0 Å². The molecule has 2 aromatic rings. The quantitative estimate of drug-likeness (QED) is 0.803. The summed E-state index contributed by atoms with van der Waals surface area (Å²) in [5, 5.41) is 13.0. The van der Waals surface area contributed by atoms with Crippen LogP contribution >= 0.6 is 11.8 Å². The number of hydrogen-bond acceptors (Lipinski definition) is 2. The van der Waals surface area contributed by atoms with Crippen LogP contribution in [0.4, 0.5) is 0 Å². The van der Waals surface area contributed by atoms with E-state index in [9.17, 15) is 5.11 Å². The Bertz CT molecular complexity index is 705. The Morgan fingerprint density at radius 1 is 0.769 bits per heavy atom. The second-order valence-corrected chi connectivity index (χ2v) is 7.58. The van der Waals surface area contributed by atoms with Crippen molar-refractivity contribution in [2.45, 2.75) is 17.4 Å². The molecule has 2 saturated carbocycles. The lowest BCUT2D eigenvalue weighted by Gasteiger charge is -2.41. The van der Waals surface area contributed by atoms with Gasteiger partial charge in [-0.15, -0.1) is 11.8 Å². The number of hydrogen-bond donors (Lipinski definition) is 1. The molecule has 0 heterocycles. The van der Waals surface area contributed by atoms with E-state index in [-0.39, 0.29) is 0 Å². The zero-order valence-electron chi connectivity index (χ0n) is 14.6. The largest absolute Gasteiger partial charge is 0.384 e. The smallest absolute Gasteiger partial charge is 0.104 e. The topological polar surface area (TPSA) is 20.2 Å².